The van der Waals surface area contributed by atoms with E-state index in [-0.39, 0.29) is 17.2 Å². The molecule has 1 aromatic heterocycles. The Morgan fingerprint density at radius 2 is 1.56 bits per heavy atom. The fourth-order valence-electron chi connectivity index (χ4n) is 4.74. The summed E-state index contributed by atoms with van der Waals surface area (Å²) in [6.45, 7) is 1.04. The zero-order chi connectivity index (χ0) is 25.7. The van der Waals surface area contributed by atoms with Gasteiger partial charge in [-0.2, -0.15) is 0 Å². The summed E-state index contributed by atoms with van der Waals surface area (Å²) in [5.74, 6) is -0.993. The molecule has 1 heterocycles. The lowest BCUT2D eigenvalue weighted by Gasteiger charge is -2.28. The number of carboxylic acid groups (broad SMARTS) is 1. The molecular weight excluding hydrogens is 458 g/mol. The monoisotopic (exact) mass is 487 g/mol. The van der Waals surface area contributed by atoms with Crippen molar-refractivity contribution in [1.82, 2.24) is 15.3 Å². The number of aryl methyl sites for hydroxylation is 1. The summed E-state index contributed by atoms with van der Waals surface area (Å²) >= 11 is 0. The molecule has 8 heteroatoms. The first-order valence-electron chi connectivity index (χ1n) is 12.1. The van der Waals surface area contributed by atoms with Crippen molar-refractivity contribution in [2.45, 2.75) is 44.9 Å². The van der Waals surface area contributed by atoms with Crippen LogP contribution in [0.1, 0.15) is 75.1 Å². The number of hydrogen-bond donors (Lipinski definition) is 3. The van der Waals surface area contributed by atoms with E-state index in [1.54, 1.807) is 6.92 Å². The van der Waals surface area contributed by atoms with E-state index < -0.39 is 18.4 Å². The fraction of sp³-hybridized carbons (Fsp3) is 0.321. The lowest BCUT2D eigenvalue weighted by atomic mass is 9.77. The van der Waals surface area contributed by atoms with Gasteiger partial charge in [0.25, 0.3) is 5.91 Å². The fourth-order valence-corrected chi connectivity index (χ4v) is 4.74. The number of aromatic nitrogens is 2. The number of aromatic hydroxyl groups is 1. The highest BCUT2D eigenvalue weighted by molar-refractivity contribution is 6.08. The van der Waals surface area contributed by atoms with Gasteiger partial charge in [0, 0.05) is 17.5 Å². The largest absolute Gasteiger partial charge is 0.504 e. The van der Waals surface area contributed by atoms with E-state index in [4.69, 9.17) is 5.11 Å². The molecule has 0 spiro atoms. The lowest BCUT2D eigenvalue weighted by molar-refractivity contribution is -0.135. The normalized spacial score (nSPS) is 17.4. The second-order valence-electron chi connectivity index (χ2n) is 9.24. The number of nitrogens with one attached hydrogen (secondary N) is 1. The Bertz CT molecular complexity index is 1250. The smallest absolute Gasteiger partial charge is 0.322 e. The molecule has 0 bridgehead atoms. The third-order valence-corrected chi connectivity index (χ3v) is 6.72. The third kappa shape index (κ3) is 5.94. The molecule has 4 rings (SSSR count). The molecule has 1 aliphatic carbocycles. The minimum atomic E-state index is -1.18. The molecule has 1 aliphatic rings. The van der Waals surface area contributed by atoms with Crippen molar-refractivity contribution >= 4 is 17.7 Å². The SMILES string of the molecule is Cc1nc(CC2CCC(c3ccc(C(=O)c4ccccc4)cc3)CC2)nc(C(=O)NCC(=O)O)c1O. The van der Waals surface area contributed by atoms with E-state index in [9.17, 15) is 19.5 Å². The number of nitrogens with zero attached hydrogens (tertiary/aromatic N) is 2. The van der Waals surface area contributed by atoms with Crippen LogP contribution in [0.2, 0.25) is 0 Å². The Balaban J connectivity index is 1.36. The zero-order valence-corrected chi connectivity index (χ0v) is 20.1. The van der Waals surface area contributed by atoms with Crippen LogP contribution in [0.5, 0.6) is 5.75 Å². The summed E-state index contributed by atoms with van der Waals surface area (Å²) in [6.07, 6.45) is 4.52. The van der Waals surface area contributed by atoms with Crippen LogP contribution >= 0.6 is 0 Å². The van der Waals surface area contributed by atoms with Gasteiger partial charge in [-0.1, -0.05) is 54.6 Å². The van der Waals surface area contributed by atoms with Gasteiger partial charge in [-0.25, -0.2) is 9.97 Å². The first-order chi connectivity index (χ1) is 17.3. The Hall–Kier alpha value is -4.07. The third-order valence-electron chi connectivity index (χ3n) is 6.72. The van der Waals surface area contributed by atoms with Crippen LogP contribution in [0.4, 0.5) is 0 Å². The molecule has 8 nitrogen and oxygen atoms in total. The van der Waals surface area contributed by atoms with Gasteiger partial charge in [-0.3, -0.25) is 14.4 Å². The van der Waals surface area contributed by atoms with Crippen molar-refractivity contribution in [3.63, 3.8) is 0 Å². The number of aliphatic carboxylic acids is 1. The summed E-state index contributed by atoms with van der Waals surface area (Å²) in [4.78, 5) is 44.2. The molecule has 1 fully saturated rings. The number of rotatable bonds is 8. The first kappa shape index (κ1) is 25.0. The minimum Gasteiger partial charge on any atom is -0.504 e. The number of ketones is 1. The van der Waals surface area contributed by atoms with Crippen LogP contribution in [-0.2, 0) is 11.2 Å². The van der Waals surface area contributed by atoms with E-state index >= 15 is 0 Å². The number of carbonyl (C=O) groups is 3. The van der Waals surface area contributed by atoms with Crippen molar-refractivity contribution in [2.75, 3.05) is 6.54 Å². The summed E-state index contributed by atoms with van der Waals surface area (Å²) in [6, 6.07) is 17.2. The van der Waals surface area contributed by atoms with Crippen LogP contribution < -0.4 is 5.32 Å². The number of carbonyl (C=O) groups excluding carboxylic acids is 2. The second-order valence-corrected chi connectivity index (χ2v) is 9.24. The molecule has 0 aliphatic heterocycles. The van der Waals surface area contributed by atoms with E-state index in [1.165, 1.54) is 5.56 Å². The second kappa shape index (κ2) is 11.1. The van der Waals surface area contributed by atoms with Crippen molar-refractivity contribution in [3.8, 4) is 5.75 Å². The number of hydrogen-bond acceptors (Lipinski definition) is 6. The number of benzene rings is 2. The van der Waals surface area contributed by atoms with E-state index in [0.717, 1.165) is 25.7 Å². The van der Waals surface area contributed by atoms with Crippen LogP contribution in [0, 0.1) is 12.8 Å². The molecule has 36 heavy (non-hydrogen) atoms. The maximum absolute atomic E-state index is 12.6. The highest BCUT2D eigenvalue weighted by Crippen LogP contribution is 2.37. The molecule has 3 aromatic rings. The Labute approximate surface area is 209 Å². The standard InChI is InChI=1S/C28H29N3O5/c1-17-26(34)25(28(36)29-16-24(32)33)31-23(30-17)15-18-7-9-19(10-8-18)20-11-13-22(14-12-20)27(35)21-5-3-2-4-6-21/h2-6,11-14,18-19,34H,7-10,15-16H2,1H3,(H,29,36)(H,32,33). The Kier molecular flexibility index (Phi) is 7.73. The zero-order valence-electron chi connectivity index (χ0n) is 20.1. The van der Waals surface area contributed by atoms with Crippen LogP contribution in [-0.4, -0.2) is 44.4 Å². The van der Waals surface area contributed by atoms with E-state index in [2.05, 4.69) is 27.4 Å². The van der Waals surface area contributed by atoms with Crippen LogP contribution in [0.3, 0.4) is 0 Å². The highest BCUT2D eigenvalue weighted by Gasteiger charge is 2.25. The predicted octanol–water partition coefficient (Wildman–Crippen LogP) is 4.05. The first-order valence-corrected chi connectivity index (χ1v) is 12.1. The molecule has 186 valence electrons. The predicted molar refractivity (Wildman–Crippen MR) is 133 cm³/mol. The van der Waals surface area contributed by atoms with Crippen LogP contribution in [0.15, 0.2) is 54.6 Å². The van der Waals surface area contributed by atoms with Crippen molar-refractivity contribution in [3.05, 3.63) is 88.5 Å². The maximum Gasteiger partial charge on any atom is 0.322 e. The van der Waals surface area contributed by atoms with Gasteiger partial charge in [-0.05, 0) is 50.0 Å². The average molecular weight is 488 g/mol. The highest BCUT2D eigenvalue weighted by atomic mass is 16.4. The van der Waals surface area contributed by atoms with Crippen LogP contribution in [0.25, 0.3) is 0 Å². The molecule has 0 radical (unpaired) electrons. The van der Waals surface area contributed by atoms with Gasteiger partial charge in [0.2, 0.25) is 0 Å². The summed E-state index contributed by atoms with van der Waals surface area (Å²) in [7, 11) is 0. The molecule has 0 unspecified atom stereocenters. The van der Waals surface area contributed by atoms with Gasteiger partial charge in [0.15, 0.2) is 17.2 Å². The van der Waals surface area contributed by atoms with E-state index in [0.29, 0.717) is 40.9 Å². The van der Waals surface area contributed by atoms with Crippen molar-refractivity contribution in [2.24, 2.45) is 5.92 Å². The number of amides is 1. The summed E-state index contributed by atoms with van der Waals surface area (Å²) in [5.41, 5.74) is 2.69. The minimum absolute atomic E-state index is 0.0195. The average Bonchev–Trinajstić information content (AvgIpc) is 2.90. The molecule has 0 atom stereocenters. The lowest BCUT2D eigenvalue weighted by Crippen LogP contribution is -2.30. The quantitative estimate of drug-likeness (QED) is 0.409. The van der Waals surface area contributed by atoms with Gasteiger partial charge in [0.05, 0.1) is 5.69 Å². The molecule has 3 N–H and O–H groups in total. The van der Waals surface area contributed by atoms with E-state index in [1.807, 2.05) is 42.5 Å². The molecule has 1 saturated carbocycles. The van der Waals surface area contributed by atoms with Crippen molar-refractivity contribution in [1.29, 1.82) is 0 Å². The molecular formula is C28H29N3O5. The van der Waals surface area contributed by atoms with Crippen molar-refractivity contribution < 1.29 is 24.6 Å². The Morgan fingerprint density at radius 3 is 2.19 bits per heavy atom. The topological polar surface area (TPSA) is 129 Å². The molecule has 1 amide bonds. The molecule has 0 saturated heterocycles. The van der Waals surface area contributed by atoms with Gasteiger partial charge < -0.3 is 15.5 Å². The summed E-state index contributed by atoms with van der Waals surface area (Å²) < 4.78 is 0. The maximum atomic E-state index is 12.6. The molecule has 2 aromatic carbocycles. The van der Waals surface area contributed by atoms with Gasteiger partial charge in [-0.15, -0.1) is 0 Å². The van der Waals surface area contributed by atoms with Gasteiger partial charge >= 0.3 is 5.97 Å². The number of carboxylic acids is 1. The summed E-state index contributed by atoms with van der Waals surface area (Å²) in [5, 5.41) is 21.2. The van der Waals surface area contributed by atoms with Gasteiger partial charge in [0.1, 0.15) is 12.4 Å². The Morgan fingerprint density at radius 1 is 0.917 bits per heavy atom.